The summed E-state index contributed by atoms with van der Waals surface area (Å²) in [4.78, 5) is 24.0. The van der Waals surface area contributed by atoms with Crippen LogP contribution in [0.15, 0.2) is 93.5 Å². The van der Waals surface area contributed by atoms with Crippen molar-refractivity contribution in [3.05, 3.63) is 84.7 Å². The first-order valence-corrected chi connectivity index (χ1v) is 15.4. The Kier molecular flexibility index (Phi) is 8.68. The fourth-order valence-electron chi connectivity index (χ4n) is 6.71. The third-order valence-corrected chi connectivity index (χ3v) is 9.34. The molecule has 232 valence electrons. The van der Waals surface area contributed by atoms with Crippen molar-refractivity contribution < 1.29 is 13.6 Å². The number of azo groups is 2. The van der Waals surface area contributed by atoms with Crippen LogP contribution in [0, 0.1) is 11.6 Å². The lowest BCUT2D eigenvalue weighted by molar-refractivity contribution is -0.131. The van der Waals surface area contributed by atoms with Crippen LogP contribution < -0.4 is 9.80 Å². The molecule has 0 bridgehead atoms. The van der Waals surface area contributed by atoms with Crippen LogP contribution in [0.5, 0.6) is 0 Å². The standard InChI is InChI=1S/C33H40F2N8O/c1-32(11-13-36-38-32)23-29(42-19-15-40(16-20-42)27-7-3-25(34)4-8-27)31(44)30(24-33(2)12-14-37-39-33)43-21-17-41(18-22-43)28-9-5-26(35)6-10-28/h3-14,29-30H,15-24H2,1-2H3. The molecule has 11 heteroatoms. The first-order valence-electron chi connectivity index (χ1n) is 15.4. The molecule has 44 heavy (non-hydrogen) atoms. The predicted octanol–water partition coefficient (Wildman–Crippen LogP) is 5.47. The number of benzene rings is 2. The second-order valence-corrected chi connectivity index (χ2v) is 12.6. The van der Waals surface area contributed by atoms with E-state index in [1.165, 1.54) is 24.3 Å². The number of nitrogens with zero attached hydrogens (tertiary/aromatic N) is 8. The lowest BCUT2D eigenvalue weighted by Crippen LogP contribution is -2.61. The maximum Gasteiger partial charge on any atom is 0.167 e. The average Bonchev–Trinajstić information content (AvgIpc) is 3.68. The Morgan fingerprint density at radius 1 is 0.659 bits per heavy atom. The number of piperazine rings is 2. The van der Waals surface area contributed by atoms with Gasteiger partial charge < -0.3 is 9.80 Å². The van der Waals surface area contributed by atoms with Gasteiger partial charge in [-0.15, -0.1) is 0 Å². The van der Waals surface area contributed by atoms with Gasteiger partial charge in [-0.2, -0.15) is 20.5 Å². The van der Waals surface area contributed by atoms with Crippen molar-refractivity contribution in [2.24, 2.45) is 20.5 Å². The normalized spacial score (nSPS) is 26.9. The number of anilines is 2. The minimum absolute atomic E-state index is 0.170. The molecule has 9 nitrogen and oxygen atoms in total. The number of Topliss-reactive ketones (excluding diaryl/α,β-unsaturated/α-hetero) is 1. The quantitative estimate of drug-likeness (QED) is 0.360. The summed E-state index contributed by atoms with van der Waals surface area (Å²) < 4.78 is 27.1. The first kappa shape index (κ1) is 30.2. The summed E-state index contributed by atoms with van der Waals surface area (Å²) in [6, 6.07) is 12.4. The van der Waals surface area contributed by atoms with E-state index >= 15 is 0 Å². The smallest absolute Gasteiger partial charge is 0.167 e. The van der Waals surface area contributed by atoms with Gasteiger partial charge in [0, 0.05) is 89.0 Å². The van der Waals surface area contributed by atoms with Crippen molar-refractivity contribution in [2.75, 3.05) is 62.2 Å². The topological polar surface area (TPSA) is 79.5 Å². The minimum atomic E-state index is -0.558. The minimum Gasteiger partial charge on any atom is -0.369 e. The molecule has 4 atom stereocenters. The highest BCUT2D eigenvalue weighted by molar-refractivity contribution is 5.89. The summed E-state index contributed by atoms with van der Waals surface area (Å²) in [7, 11) is 0. The Morgan fingerprint density at radius 3 is 1.34 bits per heavy atom. The number of carbonyl (C=O) groups excluding carboxylic acids is 1. The van der Waals surface area contributed by atoms with Crippen LogP contribution >= 0.6 is 0 Å². The molecule has 0 aromatic heterocycles. The van der Waals surface area contributed by atoms with Crippen molar-refractivity contribution >= 4 is 17.2 Å². The summed E-state index contributed by atoms with van der Waals surface area (Å²) in [5.74, 6) is -0.330. The van der Waals surface area contributed by atoms with Gasteiger partial charge in [-0.25, -0.2) is 8.78 Å². The van der Waals surface area contributed by atoms with Gasteiger partial charge in [0.05, 0.1) is 12.1 Å². The van der Waals surface area contributed by atoms with Crippen LogP contribution in [0.25, 0.3) is 0 Å². The molecule has 0 N–H and O–H groups in total. The Balaban J connectivity index is 1.22. The predicted molar refractivity (Wildman–Crippen MR) is 167 cm³/mol. The van der Waals surface area contributed by atoms with Gasteiger partial charge in [0.1, 0.15) is 22.7 Å². The zero-order valence-electron chi connectivity index (χ0n) is 25.4. The summed E-state index contributed by atoms with van der Waals surface area (Å²) in [6.45, 7) is 9.80. The highest BCUT2D eigenvalue weighted by Gasteiger charge is 2.43. The molecule has 0 spiro atoms. The van der Waals surface area contributed by atoms with Gasteiger partial charge >= 0.3 is 0 Å². The molecule has 4 unspecified atom stereocenters. The summed E-state index contributed by atoms with van der Waals surface area (Å²) in [6.07, 6.45) is 8.45. The number of hydrogen-bond acceptors (Lipinski definition) is 9. The molecule has 2 fully saturated rings. The van der Waals surface area contributed by atoms with E-state index in [0.717, 1.165) is 37.6 Å². The van der Waals surface area contributed by atoms with Crippen LogP contribution in [-0.2, 0) is 4.79 Å². The zero-order valence-corrected chi connectivity index (χ0v) is 25.4. The second kappa shape index (κ2) is 12.6. The Bertz CT molecular complexity index is 1290. The van der Waals surface area contributed by atoms with Gasteiger partial charge in [-0.1, -0.05) is 0 Å². The highest BCUT2D eigenvalue weighted by atomic mass is 19.1. The molecule has 2 aromatic rings. The molecular formula is C33H40F2N8O. The number of carbonyl (C=O) groups is 1. The van der Waals surface area contributed by atoms with Gasteiger partial charge in [0.15, 0.2) is 5.78 Å². The Hall–Kier alpha value is -3.83. The van der Waals surface area contributed by atoms with Crippen molar-refractivity contribution in [3.8, 4) is 0 Å². The van der Waals surface area contributed by atoms with Crippen LogP contribution in [0.1, 0.15) is 26.7 Å². The van der Waals surface area contributed by atoms with Gasteiger partial charge in [0.2, 0.25) is 0 Å². The summed E-state index contributed by atoms with van der Waals surface area (Å²) in [5.41, 5.74) is 0.849. The van der Waals surface area contributed by atoms with Crippen molar-refractivity contribution in [3.63, 3.8) is 0 Å². The van der Waals surface area contributed by atoms with Crippen LogP contribution in [0.4, 0.5) is 20.2 Å². The lowest BCUT2D eigenvalue weighted by Gasteiger charge is -2.45. The molecule has 2 aromatic carbocycles. The van der Waals surface area contributed by atoms with E-state index in [4.69, 9.17) is 0 Å². The van der Waals surface area contributed by atoms with E-state index in [1.54, 1.807) is 12.4 Å². The molecule has 0 radical (unpaired) electrons. The molecule has 0 aliphatic carbocycles. The van der Waals surface area contributed by atoms with E-state index in [1.807, 2.05) is 50.3 Å². The van der Waals surface area contributed by atoms with Crippen molar-refractivity contribution in [1.82, 2.24) is 9.80 Å². The largest absolute Gasteiger partial charge is 0.369 e. The average molecular weight is 603 g/mol. The van der Waals surface area contributed by atoms with Crippen LogP contribution in [0.3, 0.4) is 0 Å². The van der Waals surface area contributed by atoms with Crippen LogP contribution in [0.2, 0.25) is 0 Å². The van der Waals surface area contributed by atoms with Gasteiger partial charge in [-0.3, -0.25) is 14.6 Å². The molecule has 6 rings (SSSR count). The molecule has 4 aliphatic heterocycles. The number of rotatable bonds is 10. The lowest BCUT2D eigenvalue weighted by atomic mass is 9.84. The first-order chi connectivity index (χ1) is 21.2. The van der Waals surface area contributed by atoms with E-state index in [2.05, 4.69) is 40.1 Å². The Morgan fingerprint density at radius 2 is 1.02 bits per heavy atom. The third kappa shape index (κ3) is 6.78. The fraction of sp³-hybridized carbons (Fsp3) is 0.485. The second-order valence-electron chi connectivity index (χ2n) is 12.6. The van der Waals surface area contributed by atoms with E-state index in [0.29, 0.717) is 39.0 Å². The number of halogens is 2. The molecule has 0 amide bonds. The monoisotopic (exact) mass is 602 g/mol. The number of hydrogen-bond donors (Lipinski definition) is 0. The van der Waals surface area contributed by atoms with Gasteiger partial charge in [-0.05, 0) is 74.5 Å². The van der Waals surface area contributed by atoms with Crippen LogP contribution in [-0.4, -0.2) is 91.1 Å². The third-order valence-electron chi connectivity index (χ3n) is 9.34. The summed E-state index contributed by atoms with van der Waals surface area (Å²) >= 11 is 0. The maximum atomic E-state index is 14.9. The molecule has 2 saturated heterocycles. The maximum absolute atomic E-state index is 14.9. The zero-order chi connectivity index (χ0) is 30.7. The van der Waals surface area contributed by atoms with E-state index in [-0.39, 0.29) is 29.5 Å². The summed E-state index contributed by atoms with van der Waals surface area (Å²) in [5, 5.41) is 17.2. The fourth-order valence-corrected chi connectivity index (χ4v) is 6.71. The number of ketones is 1. The van der Waals surface area contributed by atoms with E-state index < -0.39 is 11.1 Å². The molecule has 0 saturated carbocycles. The van der Waals surface area contributed by atoms with Crippen molar-refractivity contribution in [1.29, 1.82) is 0 Å². The molecule has 4 heterocycles. The van der Waals surface area contributed by atoms with E-state index in [9.17, 15) is 13.6 Å². The SMILES string of the molecule is CC1(CC(C(=O)C(CC2(C)C=CN=N2)N2CCN(c3ccc(F)cc3)CC2)N2CCN(c3ccc(F)cc3)CC2)C=CN=N1. The van der Waals surface area contributed by atoms with Crippen molar-refractivity contribution in [2.45, 2.75) is 49.9 Å². The molecular weight excluding hydrogens is 562 g/mol. The highest BCUT2D eigenvalue weighted by Crippen LogP contribution is 2.33. The van der Waals surface area contributed by atoms with Gasteiger partial charge in [0.25, 0.3) is 0 Å². The Labute approximate surface area is 257 Å². The molecule has 4 aliphatic rings.